The van der Waals surface area contributed by atoms with Gasteiger partial charge in [-0.3, -0.25) is 14.4 Å². The van der Waals surface area contributed by atoms with Crippen LogP contribution >= 0.6 is 0 Å². The molecule has 0 saturated heterocycles. The molecule has 0 aliphatic carbocycles. The zero-order chi connectivity index (χ0) is 22.5. The van der Waals surface area contributed by atoms with Gasteiger partial charge in [-0.15, -0.1) is 0 Å². The van der Waals surface area contributed by atoms with Crippen LogP contribution in [0.15, 0.2) is 0 Å². The van der Waals surface area contributed by atoms with Crippen molar-refractivity contribution in [2.45, 2.75) is 123 Å². The van der Waals surface area contributed by atoms with E-state index in [0.29, 0.717) is 38.7 Å². The van der Waals surface area contributed by atoms with Crippen LogP contribution in [0.3, 0.4) is 0 Å². The Morgan fingerprint density at radius 1 is 0.600 bits per heavy atom. The third kappa shape index (κ3) is 18.4. The molecule has 0 aliphatic rings. The Bertz CT molecular complexity index is 449. The summed E-state index contributed by atoms with van der Waals surface area (Å²) in [6.07, 6.45) is 11.6. The molecule has 0 spiro atoms. The number of rotatable bonds is 20. The molecular weight excluding hydrogens is 384 g/mol. The Hall–Kier alpha value is -1.59. The molecule has 0 radical (unpaired) electrons. The smallest absolute Gasteiger partial charge is 0.306 e. The number of ether oxygens (including phenoxy) is 3. The maximum atomic E-state index is 12.1. The molecule has 0 heterocycles. The predicted molar refractivity (Wildman–Crippen MR) is 118 cm³/mol. The summed E-state index contributed by atoms with van der Waals surface area (Å²) in [7, 11) is 0. The van der Waals surface area contributed by atoms with Crippen LogP contribution in [0.2, 0.25) is 0 Å². The summed E-state index contributed by atoms with van der Waals surface area (Å²) in [6, 6.07) is 0. The van der Waals surface area contributed by atoms with Crippen LogP contribution in [0.25, 0.3) is 0 Å². The van der Waals surface area contributed by atoms with E-state index in [1.807, 2.05) is 0 Å². The van der Waals surface area contributed by atoms with Gasteiger partial charge in [0.2, 0.25) is 0 Å². The molecule has 0 aromatic heterocycles. The van der Waals surface area contributed by atoms with Crippen molar-refractivity contribution in [3.05, 3.63) is 0 Å². The van der Waals surface area contributed by atoms with Gasteiger partial charge >= 0.3 is 17.9 Å². The van der Waals surface area contributed by atoms with Gasteiger partial charge in [-0.2, -0.15) is 0 Å². The highest BCUT2D eigenvalue weighted by molar-refractivity contribution is 5.70. The lowest BCUT2D eigenvalue weighted by Gasteiger charge is -2.18. The Balaban J connectivity index is 4.22. The number of carbonyl (C=O) groups is 3. The van der Waals surface area contributed by atoms with Crippen molar-refractivity contribution in [1.29, 1.82) is 0 Å². The van der Waals surface area contributed by atoms with Crippen molar-refractivity contribution in [2.75, 3.05) is 13.2 Å². The second kappa shape index (κ2) is 20.7. The number of esters is 3. The van der Waals surface area contributed by atoms with Crippen molar-refractivity contribution < 1.29 is 28.6 Å². The van der Waals surface area contributed by atoms with Crippen LogP contribution < -0.4 is 0 Å². The monoisotopic (exact) mass is 428 g/mol. The van der Waals surface area contributed by atoms with Gasteiger partial charge in [0.1, 0.15) is 12.7 Å². The average molecular weight is 429 g/mol. The minimum absolute atomic E-state index is 0.0985. The van der Waals surface area contributed by atoms with Crippen molar-refractivity contribution in [3.63, 3.8) is 0 Å². The van der Waals surface area contributed by atoms with E-state index in [9.17, 15) is 14.4 Å². The Morgan fingerprint density at radius 3 is 1.63 bits per heavy atom. The first kappa shape index (κ1) is 28.4. The topological polar surface area (TPSA) is 78.9 Å². The SMILES string of the molecule is CCCCCC(=O)OCCCC[C@H](COC(=O)CCCCC)OC(=O)CCCCC. The fourth-order valence-corrected chi connectivity index (χ4v) is 2.97. The maximum absolute atomic E-state index is 12.1. The van der Waals surface area contributed by atoms with Crippen LogP contribution in [0.4, 0.5) is 0 Å². The van der Waals surface area contributed by atoms with Crippen LogP contribution in [0.5, 0.6) is 0 Å². The molecule has 0 N–H and O–H groups in total. The standard InChI is InChI=1S/C24H44O6/c1-4-7-10-16-22(25)28-19-14-13-15-21(30-24(27)18-12-9-6-3)20-29-23(26)17-11-8-5-2/h21H,4-20H2,1-3H3/t21-/m1/s1. The molecular formula is C24H44O6. The van der Waals surface area contributed by atoms with E-state index in [4.69, 9.17) is 14.2 Å². The van der Waals surface area contributed by atoms with Crippen LogP contribution in [-0.4, -0.2) is 37.2 Å². The Labute approximate surface area is 183 Å². The van der Waals surface area contributed by atoms with Crippen molar-refractivity contribution in [3.8, 4) is 0 Å². The highest BCUT2D eigenvalue weighted by Crippen LogP contribution is 2.11. The molecule has 6 heteroatoms. The molecule has 0 saturated carbocycles. The van der Waals surface area contributed by atoms with Gasteiger partial charge in [0.15, 0.2) is 0 Å². The number of unbranched alkanes of at least 4 members (excludes halogenated alkanes) is 7. The number of hydrogen-bond donors (Lipinski definition) is 0. The second-order valence-corrected chi connectivity index (χ2v) is 7.88. The third-order valence-corrected chi connectivity index (χ3v) is 4.87. The molecule has 176 valence electrons. The van der Waals surface area contributed by atoms with Gasteiger partial charge in [-0.1, -0.05) is 59.3 Å². The zero-order valence-electron chi connectivity index (χ0n) is 19.5. The van der Waals surface area contributed by atoms with E-state index in [-0.39, 0.29) is 24.5 Å². The van der Waals surface area contributed by atoms with E-state index in [2.05, 4.69) is 20.8 Å². The summed E-state index contributed by atoms with van der Waals surface area (Å²) in [6.45, 7) is 6.74. The van der Waals surface area contributed by atoms with E-state index in [0.717, 1.165) is 64.2 Å². The minimum atomic E-state index is -0.436. The van der Waals surface area contributed by atoms with Gasteiger partial charge < -0.3 is 14.2 Å². The fraction of sp³-hybridized carbons (Fsp3) is 0.875. The lowest BCUT2D eigenvalue weighted by atomic mass is 10.1. The molecule has 0 aliphatic heterocycles. The zero-order valence-corrected chi connectivity index (χ0v) is 19.5. The summed E-state index contributed by atoms with van der Waals surface area (Å²) in [5, 5.41) is 0. The number of hydrogen-bond acceptors (Lipinski definition) is 6. The molecule has 0 aromatic rings. The van der Waals surface area contributed by atoms with E-state index in [1.165, 1.54) is 0 Å². The van der Waals surface area contributed by atoms with Crippen LogP contribution in [0.1, 0.15) is 117 Å². The predicted octanol–water partition coefficient (Wildman–Crippen LogP) is 5.90. The first-order valence-electron chi connectivity index (χ1n) is 12.0. The molecule has 1 atom stereocenters. The van der Waals surface area contributed by atoms with E-state index in [1.54, 1.807) is 0 Å². The van der Waals surface area contributed by atoms with Crippen LogP contribution in [-0.2, 0) is 28.6 Å². The first-order valence-corrected chi connectivity index (χ1v) is 12.0. The summed E-state index contributed by atoms with van der Waals surface area (Å²) in [4.78, 5) is 35.5. The van der Waals surface area contributed by atoms with E-state index < -0.39 is 6.10 Å². The third-order valence-electron chi connectivity index (χ3n) is 4.87. The molecule has 0 amide bonds. The average Bonchev–Trinajstić information content (AvgIpc) is 2.72. The lowest BCUT2D eigenvalue weighted by molar-refractivity contribution is -0.159. The molecule has 6 nitrogen and oxygen atoms in total. The largest absolute Gasteiger partial charge is 0.466 e. The minimum Gasteiger partial charge on any atom is -0.466 e. The quantitative estimate of drug-likeness (QED) is 0.136. The Morgan fingerprint density at radius 2 is 1.10 bits per heavy atom. The van der Waals surface area contributed by atoms with Crippen molar-refractivity contribution in [2.24, 2.45) is 0 Å². The summed E-state index contributed by atoms with van der Waals surface area (Å²) in [5.41, 5.74) is 0. The summed E-state index contributed by atoms with van der Waals surface area (Å²) >= 11 is 0. The van der Waals surface area contributed by atoms with Gasteiger partial charge in [-0.25, -0.2) is 0 Å². The maximum Gasteiger partial charge on any atom is 0.306 e. The second-order valence-electron chi connectivity index (χ2n) is 7.88. The molecule has 0 bridgehead atoms. The lowest BCUT2D eigenvalue weighted by Crippen LogP contribution is -2.25. The molecule has 0 aromatic carbocycles. The van der Waals surface area contributed by atoms with Gasteiger partial charge in [-0.05, 0) is 38.5 Å². The van der Waals surface area contributed by atoms with Gasteiger partial charge in [0.05, 0.1) is 6.61 Å². The van der Waals surface area contributed by atoms with Gasteiger partial charge in [0, 0.05) is 19.3 Å². The first-order chi connectivity index (χ1) is 14.5. The fourth-order valence-electron chi connectivity index (χ4n) is 2.97. The Kier molecular flexibility index (Phi) is 19.6. The molecule has 0 unspecified atom stereocenters. The van der Waals surface area contributed by atoms with Crippen LogP contribution in [0, 0.1) is 0 Å². The van der Waals surface area contributed by atoms with E-state index >= 15 is 0 Å². The molecule has 0 rings (SSSR count). The van der Waals surface area contributed by atoms with Crippen molar-refractivity contribution in [1.82, 2.24) is 0 Å². The normalized spacial score (nSPS) is 11.7. The summed E-state index contributed by atoms with van der Waals surface area (Å²) < 4.78 is 16.1. The molecule has 30 heavy (non-hydrogen) atoms. The number of carbonyl (C=O) groups excluding carboxylic acids is 3. The molecule has 0 fully saturated rings. The van der Waals surface area contributed by atoms with Crippen molar-refractivity contribution >= 4 is 17.9 Å². The summed E-state index contributed by atoms with van der Waals surface area (Å²) in [5.74, 6) is -0.627. The van der Waals surface area contributed by atoms with Gasteiger partial charge in [0.25, 0.3) is 0 Å². The highest BCUT2D eigenvalue weighted by atomic mass is 16.6. The highest BCUT2D eigenvalue weighted by Gasteiger charge is 2.17.